The minimum absolute atomic E-state index is 0.105. The van der Waals surface area contributed by atoms with Gasteiger partial charge in [-0.05, 0) is 31.0 Å². The summed E-state index contributed by atoms with van der Waals surface area (Å²) in [4.78, 5) is 41.7. The van der Waals surface area contributed by atoms with Crippen LogP contribution in [0.25, 0.3) is 11.1 Å². The summed E-state index contributed by atoms with van der Waals surface area (Å²) in [5, 5.41) is 13.5. The average Bonchev–Trinajstić information content (AvgIpc) is 3.43. The van der Waals surface area contributed by atoms with Crippen molar-refractivity contribution in [2.24, 2.45) is 11.8 Å². The molecule has 2 fully saturated rings. The first-order valence-electron chi connectivity index (χ1n) is 12.2. The Morgan fingerprint density at radius 2 is 1.85 bits per heavy atom. The number of pyridine rings is 1. The highest BCUT2D eigenvalue weighted by Crippen LogP contribution is 2.49. The molecule has 34 heavy (non-hydrogen) atoms. The molecule has 3 heterocycles. The van der Waals surface area contributed by atoms with Crippen LogP contribution in [-0.2, 0) is 16.1 Å². The molecule has 7 nitrogen and oxygen atoms in total. The van der Waals surface area contributed by atoms with Crippen LogP contribution in [0.3, 0.4) is 0 Å². The fourth-order valence-electron chi connectivity index (χ4n) is 6.18. The van der Waals surface area contributed by atoms with Crippen molar-refractivity contribution in [1.29, 1.82) is 0 Å². The molecule has 1 aromatic carbocycles. The molecule has 2 bridgehead atoms. The fourth-order valence-corrected chi connectivity index (χ4v) is 6.18. The number of aliphatic hydroxyl groups excluding tert-OH is 1. The summed E-state index contributed by atoms with van der Waals surface area (Å²) in [6.07, 6.45) is 4.26. The van der Waals surface area contributed by atoms with Gasteiger partial charge in [0.15, 0.2) is 0 Å². The van der Waals surface area contributed by atoms with Crippen molar-refractivity contribution in [3.8, 4) is 11.1 Å². The van der Waals surface area contributed by atoms with E-state index >= 15 is 0 Å². The van der Waals surface area contributed by atoms with Crippen molar-refractivity contribution < 1.29 is 19.1 Å². The highest BCUT2D eigenvalue weighted by atomic mass is 19.1. The highest BCUT2D eigenvalue weighted by molar-refractivity contribution is 5.84. The molecule has 4 atom stereocenters. The number of benzene rings is 1. The van der Waals surface area contributed by atoms with Gasteiger partial charge in [0, 0.05) is 42.8 Å². The molecule has 180 valence electrons. The van der Waals surface area contributed by atoms with Crippen LogP contribution in [0.5, 0.6) is 0 Å². The normalized spacial score (nSPS) is 25.9. The fraction of sp³-hybridized carbons (Fsp3) is 0.500. The number of hydrogen-bond donors (Lipinski definition) is 2. The van der Waals surface area contributed by atoms with E-state index in [-0.39, 0.29) is 54.1 Å². The Morgan fingerprint density at radius 3 is 2.53 bits per heavy atom. The predicted octanol–water partition coefficient (Wildman–Crippen LogP) is 2.61. The molecule has 3 aliphatic rings. The van der Waals surface area contributed by atoms with Crippen LogP contribution in [0, 0.1) is 17.7 Å². The third-order valence-corrected chi connectivity index (χ3v) is 7.80. The van der Waals surface area contributed by atoms with Crippen LogP contribution in [0.15, 0.2) is 41.2 Å². The number of fused-ring (bicyclic) bond motifs is 4. The first-order valence-corrected chi connectivity index (χ1v) is 12.2. The van der Waals surface area contributed by atoms with Crippen LogP contribution in [0.4, 0.5) is 4.39 Å². The van der Waals surface area contributed by atoms with Crippen LogP contribution in [0.2, 0.25) is 0 Å². The van der Waals surface area contributed by atoms with E-state index in [0.717, 1.165) is 25.7 Å². The Balaban J connectivity index is 1.61. The van der Waals surface area contributed by atoms with E-state index in [4.69, 9.17) is 0 Å². The van der Waals surface area contributed by atoms with Gasteiger partial charge in [0.2, 0.25) is 11.8 Å². The Labute approximate surface area is 197 Å². The topological polar surface area (TPSA) is 91.6 Å². The van der Waals surface area contributed by atoms with Gasteiger partial charge in [-0.15, -0.1) is 0 Å². The standard InChI is InChI=1S/C26H30FN3O4/c1-2-22(32)30-21-13-29-20(12-11-17(26(29)34)16-9-5-6-10-19(16)27)24(30)23(18(21)14-31)25(33)28-15-7-3-4-8-15/h5-6,9-12,15,18,21,23-24,31H,2-4,7-8,13-14H2,1H3,(H,28,33)/t18-,21-,23+,24+/m0/s1. The van der Waals surface area contributed by atoms with E-state index < -0.39 is 29.7 Å². The minimum atomic E-state index is -0.654. The SMILES string of the molecule is CCC(=O)N1[C@@H]2c3ccc(-c4ccccc4F)c(=O)n3C[C@H]1[C@H](CO)[C@H]2C(=O)NC1CCCC1. The second kappa shape index (κ2) is 8.98. The zero-order chi connectivity index (χ0) is 24.0. The number of rotatable bonds is 5. The van der Waals surface area contributed by atoms with Crippen LogP contribution in [0.1, 0.15) is 50.8 Å². The third kappa shape index (κ3) is 3.55. The monoisotopic (exact) mass is 467 g/mol. The molecule has 1 saturated carbocycles. The van der Waals surface area contributed by atoms with E-state index in [2.05, 4.69) is 5.32 Å². The lowest BCUT2D eigenvalue weighted by molar-refractivity contribution is -0.136. The van der Waals surface area contributed by atoms with E-state index in [9.17, 15) is 23.9 Å². The molecule has 0 unspecified atom stereocenters. The Bertz CT molecular complexity index is 1170. The second-order valence-electron chi connectivity index (χ2n) is 9.60. The summed E-state index contributed by atoms with van der Waals surface area (Å²) in [7, 11) is 0. The molecule has 2 aliphatic heterocycles. The van der Waals surface area contributed by atoms with Gasteiger partial charge in [0.25, 0.3) is 5.56 Å². The number of aliphatic hydroxyl groups is 1. The van der Waals surface area contributed by atoms with Crippen LogP contribution in [-0.4, -0.2) is 45.1 Å². The van der Waals surface area contributed by atoms with Crippen molar-refractivity contribution in [3.05, 3.63) is 58.3 Å². The van der Waals surface area contributed by atoms with E-state index in [1.54, 1.807) is 46.7 Å². The smallest absolute Gasteiger partial charge is 0.258 e. The maximum absolute atomic E-state index is 14.5. The molecular weight excluding hydrogens is 437 g/mol. The number of nitrogens with zero attached hydrogens (tertiary/aromatic N) is 2. The number of nitrogens with one attached hydrogen (secondary N) is 1. The minimum Gasteiger partial charge on any atom is -0.396 e. The number of halogens is 1. The third-order valence-electron chi connectivity index (χ3n) is 7.80. The van der Waals surface area contributed by atoms with E-state index in [1.165, 1.54) is 6.07 Å². The molecule has 2 amide bonds. The summed E-state index contributed by atoms with van der Waals surface area (Å²) in [5.41, 5.74) is 0.667. The van der Waals surface area contributed by atoms with Gasteiger partial charge in [-0.1, -0.05) is 38.0 Å². The van der Waals surface area contributed by atoms with Crippen molar-refractivity contribution >= 4 is 11.8 Å². The summed E-state index contributed by atoms with van der Waals surface area (Å²) < 4.78 is 16.0. The largest absolute Gasteiger partial charge is 0.396 e. The molecule has 2 aromatic rings. The van der Waals surface area contributed by atoms with Gasteiger partial charge in [0.05, 0.1) is 23.6 Å². The number of carbonyl (C=O) groups is 2. The van der Waals surface area contributed by atoms with Crippen molar-refractivity contribution in [2.45, 2.75) is 63.7 Å². The van der Waals surface area contributed by atoms with Gasteiger partial charge in [-0.3, -0.25) is 14.4 Å². The molecule has 1 aliphatic carbocycles. The van der Waals surface area contributed by atoms with Gasteiger partial charge in [-0.2, -0.15) is 0 Å². The zero-order valence-electron chi connectivity index (χ0n) is 19.2. The Kier molecular flexibility index (Phi) is 6.02. The lowest BCUT2D eigenvalue weighted by Gasteiger charge is -2.38. The first-order chi connectivity index (χ1) is 16.5. The summed E-state index contributed by atoms with van der Waals surface area (Å²) in [5.74, 6) is -1.91. The van der Waals surface area contributed by atoms with Gasteiger partial charge >= 0.3 is 0 Å². The molecular formula is C26H30FN3O4. The van der Waals surface area contributed by atoms with Gasteiger partial charge < -0.3 is 19.9 Å². The molecule has 0 spiro atoms. The zero-order valence-corrected chi connectivity index (χ0v) is 19.2. The molecule has 1 saturated heterocycles. The quantitative estimate of drug-likeness (QED) is 0.707. The number of aromatic nitrogens is 1. The average molecular weight is 468 g/mol. The number of carbonyl (C=O) groups excluding carboxylic acids is 2. The summed E-state index contributed by atoms with van der Waals surface area (Å²) in [6, 6.07) is 8.42. The number of amides is 2. The maximum Gasteiger partial charge on any atom is 0.258 e. The number of hydrogen-bond acceptors (Lipinski definition) is 4. The summed E-state index contributed by atoms with van der Waals surface area (Å²) >= 11 is 0. The van der Waals surface area contributed by atoms with Crippen LogP contribution < -0.4 is 10.9 Å². The lowest BCUT2D eigenvalue weighted by atomic mass is 9.86. The van der Waals surface area contributed by atoms with Crippen molar-refractivity contribution in [3.63, 3.8) is 0 Å². The van der Waals surface area contributed by atoms with Gasteiger partial charge in [0.1, 0.15) is 5.82 Å². The first kappa shape index (κ1) is 22.8. The van der Waals surface area contributed by atoms with Crippen LogP contribution >= 0.6 is 0 Å². The van der Waals surface area contributed by atoms with Crippen molar-refractivity contribution in [1.82, 2.24) is 14.8 Å². The molecule has 1 aromatic heterocycles. The highest BCUT2D eigenvalue weighted by Gasteiger charge is 2.57. The lowest BCUT2D eigenvalue weighted by Crippen LogP contribution is -2.49. The Hall–Kier alpha value is -3.00. The van der Waals surface area contributed by atoms with E-state index in [0.29, 0.717) is 5.69 Å². The van der Waals surface area contributed by atoms with E-state index in [1.807, 2.05) is 0 Å². The summed E-state index contributed by atoms with van der Waals surface area (Å²) in [6.45, 7) is 1.67. The molecule has 5 rings (SSSR count). The Morgan fingerprint density at radius 1 is 1.12 bits per heavy atom. The molecule has 8 heteroatoms. The van der Waals surface area contributed by atoms with Gasteiger partial charge in [-0.25, -0.2) is 4.39 Å². The predicted molar refractivity (Wildman–Crippen MR) is 124 cm³/mol. The second-order valence-corrected chi connectivity index (χ2v) is 9.60. The molecule has 0 radical (unpaired) electrons. The van der Waals surface area contributed by atoms with Crippen molar-refractivity contribution in [2.75, 3.05) is 6.61 Å². The maximum atomic E-state index is 14.5. The molecule has 2 N–H and O–H groups in total.